The van der Waals surface area contributed by atoms with Gasteiger partial charge in [0.15, 0.2) is 0 Å². The Hall–Kier alpha value is -2.23. The number of carbonyl (C=O) groups is 1. The van der Waals surface area contributed by atoms with E-state index in [4.69, 9.17) is 16.1 Å². The molecular formula is C9H7F2N3O2. The molecule has 0 saturated heterocycles. The first-order chi connectivity index (χ1) is 7.45. The lowest BCUT2D eigenvalue weighted by Crippen LogP contribution is -2.10. The molecule has 0 aliphatic carbocycles. The summed E-state index contributed by atoms with van der Waals surface area (Å²) in [5.74, 6) is -1.29. The van der Waals surface area contributed by atoms with E-state index in [1.165, 1.54) is 0 Å². The summed E-state index contributed by atoms with van der Waals surface area (Å²) in [6.45, 7) is 0. The fourth-order valence-corrected chi connectivity index (χ4v) is 1.19. The van der Waals surface area contributed by atoms with E-state index in [1.807, 2.05) is 0 Å². The molecule has 1 heterocycles. The molecule has 0 spiro atoms. The van der Waals surface area contributed by atoms with Gasteiger partial charge in [-0.3, -0.25) is 4.79 Å². The summed E-state index contributed by atoms with van der Waals surface area (Å²) in [6.07, 6.45) is -3.62. The summed E-state index contributed by atoms with van der Waals surface area (Å²) in [4.78, 5) is 13.8. The van der Waals surface area contributed by atoms with Gasteiger partial charge in [0.1, 0.15) is 17.5 Å². The highest BCUT2D eigenvalue weighted by Crippen LogP contribution is 2.26. The van der Waals surface area contributed by atoms with E-state index in [0.29, 0.717) is 0 Å². The first kappa shape index (κ1) is 11.8. The summed E-state index contributed by atoms with van der Waals surface area (Å²) < 4.78 is 25.1. The quantitative estimate of drug-likeness (QED) is 0.805. The Balaban J connectivity index is 3.35. The van der Waals surface area contributed by atoms with Crippen LogP contribution in [0.15, 0.2) is 6.07 Å². The predicted molar refractivity (Wildman–Crippen MR) is 49.7 cm³/mol. The van der Waals surface area contributed by atoms with Gasteiger partial charge < -0.3 is 10.8 Å². The molecule has 1 rings (SSSR count). The van der Waals surface area contributed by atoms with Gasteiger partial charge in [0.2, 0.25) is 0 Å². The van der Waals surface area contributed by atoms with E-state index in [-0.39, 0.29) is 16.9 Å². The molecule has 7 heteroatoms. The van der Waals surface area contributed by atoms with Gasteiger partial charge in [-0.2, -0.15) is 5.26 Å². The molecule has 1 aromatic rings. The van der Waals surface area contributed by atoms with Crippen LogP contribution >= 0.6 is 0 Å². The van der Waals surface area contributed by atoms with E-state index in [1.54, 1.807) is 6.07 Å². The van der Waals surface area contributed by atoms with Crippen LogP contribution in [0, 0.1) is 11.3 Å². The number of pyridine rings is 1. The van der Waals surface area contributed by atoms with Crippen LogP contribution in [0.25, 0.3) is 0 Å². The van der Waals surface area contributed by atoms with Gasteiger partial charge in [0, 0.05) is 11.3 Å². The molecule has 0 aliphatic heterocycles. The first-order valence-electron chi connectivity index (χ1n) is 4.15. The Morgan fingerprint density at radius 3 is 2.75 bits per heavy atom. The average molecular weight is 227 g/mol. The van der Waals surface area contributed by atoms with Crippen LogP contribution in [0.3, 0.4) is 0 Å². The van der Waals surface area contributed by atoms with E-state index in [2.05, 4.69) is 4.98 Å². The third-order valence-electron chi connectivity index (χ3n) is 1.84. The van der Waals surface area contributed by atoms with Crippen LogP contribution < -0.4 is 5.73 Å². The number of carboxylic acids is 1. The lowest BCUT2D eigenvalue weighted by molar-refractivity contribution is -0.136. The summed E-state index contributed by atoms with van der Waals surface area (Å²) >= 11 is 0. The molecule has 0 amide bonds. The number of nitrogens with zero attached hydrogens (tertiary/aromatic N) is 2. The molecule has 0 radical (unpaired) electrons. The van der Waals surface area contributed by atoms with E-state index in [0.717, 1.165) is 6.07 Å². The number of nitrogen functional groups attached to an aromatic ring is 1. The SMILES string of the molecule is N#Cc1cc(N)c(CC(=O)O)c(C(F)F)n1. The number of hydrogen-bond acceptors (Lipinski definition) is 4. The molecule has 0 bridgehead atoms. The molecule has 0 aliphatic rings. The number of aromatic nitrogens is 1. The largest absolute Gasteiger partial charge is 0.481 e. The van der Waals surface area contributed by atoms with Crippen molar-refractivity contribution in [3.8, 4) is 6.07 Å². The minimum absolute atomic E-state index is 0.163. The lowest BCUT2D eigenvalue weighted by Gasteiger charge is -2.09. The van der Waals surface area contributed by atoms with Crippen molar-refractivity contribution >= 4 is 11.7 Å². The number of alkyl halides is 2. The number of anilines is 1. The number of nitrogens with two attached hydrogens (primary N) is 1. The van der Waals surface area contributed by atoms with Crippen LogP contribution in [-0.2, 0) is 11.2 Å². The van der Waals surface area contributed by atoms with Crippen LogP contribution in [0.1, 0.15) is 23.4 Å². The van der Waals surface area contributed by atoms with Crippen molar-refractivity contribution in [3.63, 3.8) is 0 Å². The molecule has 3 N–H and O–H groups in total. The Morgan fingerprint density at radius 2 is 2.31 bits per heavy atom. The second kappa shape index (κ2) is 4.53. The van der Waals surface area contributed by atoms with Gasteiger partial charge in [-0.25, -0.2) is 13.8 Å². The molecule has 5 nitrogen and oxygen atoms in total. The van der Waals surface area contributed by atoms with Crippen molar-refractivity contribution < 1.29 is 18.7 Å². The third-order valence-corrected chi connectivity index (χ3v) is 1.84. The molecule has 0 aromatic carbocycles. The van der Waals surface area contributed by atoms with E-state index in [9.17, 15) is 13.6 Å². The molecule has 0 unspecified atom stereocenters. The van der Waals surface area contributed by atoms with Crippen molar-refractivity contribution in [2.45, 2.75) is 12.8 Å². The van der Waals surface area contributed by atoms with Crippen molar-refractivity contribution in [2.24, 2.45) is 0 Å². The number of rotatable bonds is 3. The molecule has 0 saturated carbocycles. The predicted octanol–water partition coefficient (Wildman–Crippen LogP) is 1.10. The fraction of sp³-hybridized carbons (Fsp3) is 0.222. The van der Waals surface area contributed by atoms with Crippen molar-refractivity contribution in [1.29, 1.82) is 5.26 Å². The van der Waals surface area contributed by atoms with Crippen LogP contribution in [0.5, 0.6) is 0 Å². The summed E-state index contributed by atoms with van der Waals surface area (Å²) in [7, 11) is 0. The maximum Gasteiger partial charge on any atom is 0.307 e. The number of halogens is 2. The second-order valence-electron chi connectivity index (χ2n) is 2.94. The zero-order chi connectivity index (χ0) is 12.3. The van der Waals surface area contributed by atoms with Gasteiger partial charge in [-0.15, -0.1) is 0 Å². The molecule has 0 fully saturated rings. The second-order valence-corrected chi connectivity index (χ2v) is 2.94. The lowest BCUT2D eigenvalue weighted by atomic mass is 10.1. The van der Waals surface area contributed by atoms with Crippen LogP contribution in [-0.4, -0.2) is 16.1 Å². The van der Waals surface area contributed by atoms with E-state index < -0.39 is 24.5 Å². The van der Waals surface area contributed by atoms with Gasteiger partial charge >= 0.3 is 5.97 Å². The average Bonchev–Trinajstić information content (AvgIpc) is 2.19. The Labute approximate surface area is 89.1 Å². The van der Waals surface area contributed by atoms with Gasteiger partial charge in [0.25, 0.3) is 6.43 Å². The molecule has 84 valence electrons. The zero-order valence-corrected chi connectivity index (χ0v) is 7.94. The van der Waals surface area contributed by atoms with E-state index >= 15 is 0 Å². The third kappa shape index (κ3) is 2.42. The van der Waals surface area contributed by atoms with Crippen LogP contribution in [0.4, 0.5) is 14.5 Å². The summed E-state index contributed by atoms with van der Waals surface area (Å²) in [5.41, 5.74) is 3.97. The van der Waals surface area contributed by atoms with Crippen molar-refractivity contribution in [2.75, 3.05) is 5.73 Å². The monoisotopic (exact) mass is 227 g/mol. The minimum Gasteiger partial charge on any atom is -0.481 e. The molecule has 0 atom stereocenters. The van der Waals surface area contributed by atoms with Gasteiger partial charge in [0.05, 0.1) is 6.42 Å². The fourth-order valence-electron chi connectivity index (χ4n) is 1.19. The standard InChI is InChI=1S/C9H7F2N3O2/c10-9(11)8-5(2-7(15)16)6(13)1-4(3-12)14-8/h1,9H,2H2,(H2,13,14)(H,15,16). The smallest absolute Gasteiger partial charge is 0.307 e. The number of nitriles is 1. The summed E-state index contributed by atoms with van der Waals surface area (Å²) in [6, 6.07) is 2.65. The van der Waals surface area contributed by atoms with Crippen LogP contribution in [0.2, 0.25) is 0 Å². The topological polar surface area (TPSA) is 100 Å². The Morgan fingerprint density at radius 1 is 1.69 bits per heavy atom. The molecular weight excluding hydrogens is 220 g/mol. The maximum atomic E-state index is 12.6. The number of carboxylic acid groups (broad SMARTS) is 1. The molecule has 16 heavy (non-hydrogen) atoms. The highest BCUT2D eigenvalue weighted by atomic mass is 19.3. The maximum absolute atomic E-state index is 12.6. The Kier molecular flexibility index (Phi) is 3.35. The first-order valence-corrected chi connectivity index (χ1v) is 4.15. The number of aliphatic carboxylic acids is 1. The normalized spacial score (nSPS) is 10.1. The van der Waals surface area contributed by atoms with Gasteiger partial charge in [-0.1, -0.05) is 0 Å². The van der Waals surface area contributed by atoms with Gasteiger partial charge in [-0.05, 0) is 6.07 Å². The highest BCUT2D eigenvalue weighted by Gasteiger charge is 2.20. The Bertz CT molecular complexity index is 469. The van der Waals surface area contributed by atoms with Crippen molar-refractivity contribution in [1.82, 2.24) is 4.98 Å². The summed E-state index contributed by atoms with van der Waals surface area (Å²) in [5, 5.41) is 17.0. The minimum atomic E-state index is -2.97. The number of hydrogen-bond donors (Lipinski definition) is 2. The van der Waals surface area contributed by atoms with Crippen molar-refractivity contribution in [3.05, 3.63) is 23.0 Å². The molecule has 1 aromatic heterocycles. The zero-order valence-electron chi connectivity index (χ0n) is 7.94. The highest BCUT2D eigenvalue weighted by molar-refractivity contribution is 5.73.